The SMILES string of the molecule is C=CCN(C(=O)C1N(CCCCCO)C(=O)[C@@H]2[C@H](C(=O)O)[C@H]3SC12CC3Br)c1ccccc1Cl. The summed E-state index contributed by atoms with van der Waals surface area (Å²) in [6.07, 6.45) is 4.09. The molecule has 3 fully saturated rings. The van der Waals surface area contributed by atoms with Gasteiger partial charge in [-0.05, 0) is 37.8 Å². The van der Waals surface area contributed by atoms with Crippen molar-refractivity contribution in [2.45, 2.75) is 46.5 Å². The predicted octanol–water partition coefficient (Wildman–Crippen LogP) is 3.57. The summed E-state index contributed by atoms with van der Waals surface area (Å²) >= 11 is 11.6. The van der Waals surface area contributed by atoms with Crippen LogP contribution >= 0.6 is 39.3 Å². The average Bonchev–Trinajstić information content (AvgIpc) is 3.39. The van der Waals surface area contributed by atoms with E-state index in [2.05, 4.69) is 22.5 Å². The van der Waals surface area contributed by atoms with Gasteiger partial charge in [-0.25, -0.2) is 0 Å². The molecule has 3 unspecified atom stereocenters. The smallest absolute Gasteiger partial charge is 0.308 e. The number of rotatable bonds is 10. The van der Waals surface area contributed by atoms with Crippen molar-refractivity contribution in [3.8, 4) is 0 Å². The zero-order chi connectivity index (χ0) is 24.6. The lowest BCUT2D eigenvalue weighted by Crippen LogP contribution is -2.55. The van der Waals surface area contributed by atoms with E-state index < -0.39 is 28.6 Å². The molecular formula is C24H28BrClN2O5S. The third-order valence-electron chi connectivity index (χ3n) is 7.09. The highest BCUT2D eigenvalue weighted by Crippen LogP contribution is 2.67. The van der Waals surface area contributed by atoms with Gasteiger partial charge in [0.25, 0.3) is 5.91 Å². The number of nitrogens with zero attached hydrogens (tertiary/aromatic N) is 2. The van der Waals surface area contributed by atoms with E-state index in [9.17, 15) is 19.5 Å². The lowest BCUT2D eigenvalue weighted by atomic mass is 9.71. The lowest BCUT2D eigenvalue weighted by Gasteiger charge is -2.37. The van der Waals surface area contributed by atoms with Crippen molar-refractivity contribution >= 4 is 62.8 Å². The van der Waals surface area contributed by atoms with E-state index in [4.69, 9.17) is 16.7 Å². The van der Waals surface area contributed by atoms with Gasteiger partial charge in [0.1, 0.15) is 6.04 Å². The first kappa shape index (κ1) is 25.5. The van der Waals surface area contributed by atoms with Crippen LogP contribution in [0.15, 0.2) is 36.9 Å². The molecule has 3 saturated heterocycles. The quantitative estimate of drug-likeness (QED) is 0.253. The van der Waals surface area contributed by atoms with Crippen LogP contribution in [0.1, 0.15) is 25.7 Å². The molecule has 184 valence electrons. The molecule has 10 heteroatoms. The van der Waals surface area contributed by atoms with E-state index in [1.165, 1.54) is 11.8 Å². The van der Waals surface area contributed by atoms with Gasteiger partial charge < -0.3 is 20.0 Å². The third kappa shape index (κ3) is 4.08. The molecule has 3 aliphatic rings. The van der Waals surface area contributed by atoms with Gasteiger partial charge in [0.2, 0.25) is 5.91 Å². The van der Waals surface area contributed by atoms with E-state index in [1.807, 2.05) is 0 Å². The topological polar surface area (TPSA) is 98.2 Å². The van der Waals surface area contributed by atoms with Gasteiger partial charge in [-0.3, -0.25) is 14.4 Å². The lowest BCUT2D eigenvalue weighted by molar-refractivity contribution is -0.148. The van der Waals surface area contributed by atoms with E-state index in [-0.39, 0.29) is 35.0 Å². The minimum atomic E-state index is -0.996. The molecule has 3 aliphatic heterocycles. The van der Waals surface area contributed by atoms with Crippen molar-refractivity contribution in [3.05, 3.63) is 41.9 Å². The van der Waals surface area contributed by atoms with Gasteiger partial charge >= 0.3 is 5.97 Å². The van der Waals surface area contributed by atoms with Gasteiger partial charge in [-0.1, -0.05) is 45.7 Å². The van der Waals surface area contributed by atoms with E-state index in [0.717, 1.165) is 0 Å². The Hall–Kier alpha value is -1.55. The van der Waals surface area contributed by atoms with Crippen molar-refractivity contribution in [2.75, 3.05) is 24.6 Å². The van der Waals surface area contributed by atoms with Crippen LogP contribution in [-0.4, -0.2) is 73.5 Å². The van der Waals surface area contributed by atoms with Crippen molar-refractivity contribution in [1.82, 2.24) is 4.90 Å². The normalized spacial score (nSPS) is 31.6. The second kappa shape index (κ2) is 10.2. The summed E-state index contributed by atoms with van der Waals surface area (Å²) in [6.45, 7) is 4.40. The number of amides is 2. The van der Waals surface area contributed by atoms with Crippen molar-refractivity contribution in [2.24, 2.45) is 11.8 Å². The fourth-order valence-corrected chi connectivity index (χ4v) is 9.59. The van der Waals surface area contributed by atoms with Crippen LogP contribution in [0.4, 0.5) is 5.69 Å². The monoisotopic (exact) mass is 570 g/mol. The van der Waals surface area contributed by atoms with Gasteiger partial charge in [-0.2, -0.15) is 0 Å². The van der Waals surface area contributed by atoms with Crippen LogP contribution in [0, 0.1) is 11.8 Å². The first-order chi connectivity index (χ1) is 16.3. The summed E-state index contributed by atoms with van der Waals surface area (Å²) in [7, 11) is 0. The molecule has 0 saturated carbocycles. The first-order valence-electron chi connectivity index (χ1n) is 11.4. The van der Waals surface area contributed by atoms with Gasteiger partial charge in [0.05, 0.1) is 27.3 Å². The second-order valence-corrected chi connectivity index (χ2v) is 12.1. The van der Waals surface area contributed by atoms with Crippen molar-refractivity contribution < 1.29 is 24.6 Å². The molecule has 4 rings (SSSR count). The number of likely N-dealkylation sites (tertiary alicyclic amines) is 1. The molecule has 0 aliphatic carbocycles. The molecule has 2 bridgehead atoms. The number of carboxylic acids is 1. The van der Waals surface area contributed by atoms with E-state index in [1.54, 1.807) is 40.1 Å². The Morgan fingerprint density at radius 3 is 2.71 bits per heavy atom. The zero-order valence-electron chi connectivity index (χ0n) is 18.6. The third-order valence-corrected chi connectivity index (χ3v) is 10.6. The number of hydrogen-bond donors (Lipinski definition) is 2. The maximum absolute atomic E-state index is 14.3. The average molecular weight is 572 g/mol. The Kier molecular flexibility index (Phi) is 7.67. The Bertz CT molecular complexity index is 996. The number of hydrogen-bond acceptors (Lipinski definition) is 5. The summed E-state index contributed by atoms with van der Waals surface area (Å²) < 4.78 is -0.826. The number of carboxylic acid groups (broad SMARTS) is 1. The Labute approximate surface area is 216 Å². The van der Waals surface area contributed by atoms with Gasteiger partial charge in [0, 0.05) is 29.8 Å². The minimum Gasteiger partial charge on any atom is -0.481 e. The molecule has 2 N–H and O–H groups in total. The molecular weight excluding hydrogens is 544 g/mol. The number of benzene rings is 1. The molecule has 0 aromatic heterocycles. The molecule has 7 nitrogen and oxygen atoms in total. The fourth-order valence-electron chi connectivity index (χ4n) is 5.76. The zero-order valence-corrected chi connectivity index (χ0v) is 21.8. The molecule has 1 spiro atoms. The summed E-state index contributed by atoms with van der Waals surface area (Å²) in [5, 5.41) is 19.3. The standard InChI is InChI=1S/C24H28BrClN2O5S/c1-2-10-27(16-9-5-4-8-15(16)26)22(31)20-24-13-14(25)19(34-24)17(23(32)33)18(24)21(30)28(20)11-6-3-7-12-29/h2,4-5,8-9,14,17-20,29H,1,3,6-7,10-13H2,(H,32,33)/t14?,17-,18-,19-,20?,24?/m0/s1. The highest BCUT2D eigenvalue weighted by molar-refractivity contribution is 9.09. The number of aliphatic hydroxyl groups is 1. The number of aliphatic carboxylic acids is 1. The van der Waals surface area contributed by atoms with Gasteiger partial charge in [0.15, 0.2) is 0 Å². The Morgan fingerprint density at radius 2 is 2.06 bits per heavy atom. The second-order valence-electron chi connectivity index (χ2n) is 9.01. The Balaban J connectivity index is 1.76. The minimum absolute atomic E-state index is 0.0619. The number of para-hydroxylation sites is 1. The number of anilines is 1. The molecule has 3 heterocycles. The first-order valence-corrected chi connectivity index (χ1v) is 13.6. The summed E-state index contributed by atoms with van der Waals surface area (Å²) in [5.74, 6) is -3.13. The number of aliphatic hydroxyl groups excluding tert-OH is 1. The van der Waals surface area contributed by atoms with Crippen LogP contribution in [0.5, 0.6) is 0 Å². The number of thioether (sulfide) groups is 1. The Morgan fingerprint density at radius 1 is 1.32 bits per heavy atom. The molecule has 1 aromatic carbocycles. The number of unbranched alkanes of at least 4 members (excludes halogenated alkanes) is 2. The highest BCUT2D eigenvalue weighted by atomic mass is 79.9. The molecule has 1 aromatic rings. The molecule has 0 radical (unpaired) electrons. The molecule has 6 atom stereocenters. The van der Waals surface area contributed by atoms with Gasteiger partial charge in [-0.15, -0.1) is 18.3 Å². The largest absolute Gasteiger partial charge is 0.481 e. The van der Waals surface area contributed by atoms with Crippen LogP contribution in [0.2, 0.25) is 5.02 Å². The number of halogens is 2. The number of alkyl halides is 1. The number of carbonyl (C=O) groups is 3. The maximum Gasteiger partial charge on any atom is 0.308 e. The summed E-state index contributed by atoms with van der Waals surface area (Å²) in [6, 6.07) is 6.23. The van der Waals surface area contributed by atoms with E-state index >= 15 is 0 Å². The molecule has 34 heavy (non-hydrogen) atoms. The van der Waals surface area contributed by atoms with Crippen molar-refractivity contribution in [1.29, 1.82) is 0 Å². The number of fused-ring (bicyclic) bond motifs is 1. The highest BCUT2D eigenvalue weighted by Gasteiger charge is 2.76. The molecule has 2 amide bonds. The summed E-state index contributed by atoms with van der Waals surface area (Å²) in [4.78, 5) is 43.3. The van der Waals surface area contributed by atoms with E-state index in [0.29, 0.717) is 42.9 Å². The number of carbonyl (C=O) groups excluding carboxylic acids is 2. The van der Waals surface area contributed by atoms with Crippen LogP contribution < -0.4 is 4.90 Å². The maximum atomic E-state index is 14.3. The van der Waals surface area contributed by atoms with Crippen LogP contribution in [0.3, 0.4) is 0 Å². The fraction of sp³-hybridized carbons (Fsp3) is 0.542. The van der Waals surface area contributed by atoms with Crippen LogP contribution in [-0.2, 0) is 14.4 Å². The van der Waals surface area contributed by atoms with Crippen molar-refractivity contribution in [3.63, 3.8) is 0 Å². The summed E-state index contributed by atoms with van der Waals surface area (Å²) in [5.41, 5.74) is 0.532. The van der Waals surface area contributed by atoms with Crippen LogP contribution in [0.25, 0.3) is 0 Å². The predicted molar refractivity (Wildman–Crippen MR) is 136 cm³/mol.